The van der Waals surface area contributed by atoms with Crippen LogP contribution in [0, 0.1) is 0 Å². The maximum absolute atomic E-state index is 11.9. The summed E-state index contributed by atoms with van der Waals surface area (Å²) < 4.78 is 0. The second-order valence-electron chi connectivity index (χ2n) is 5.96. The van der Waals surface area contributed by atoms with Gasteiger partial charge in [0, 0.05) is 0 Å². The van der Waals surface area contributed by atoms with Crippen molar-refractivity contribution in [1.29, 1.82) is 0 Å². The highest BCUT2D eigenvalue weighted by Crippen LogP contribution is 1.98. The molecule has 0 aromatic carbocycles. The van der Waals surface area contributed by atoms with E-state index < -0.39 is 47.9 Å². The molecule has 0 aromatic rings. The van der Waals surface area contributed by atoms with Crippen molar-refractivity contribution < 1.29 is 29.4 Å². The molecule has 26 heavy (non-hydrogen) atoms. The Balaban J connectivity index is 4.31. The number of rotatable bonds is 12. The van der Waals surface area contributed by atoms with Gasteiger partial charge < -0.3 is 37.6 Å². The third-order valence-electron chi connectivity index (χ3n) is 3.55. The van der Waals surface area contributed by atoms with Crippen LogP contribution in [-0.4, -0.2) is 71.2 Å². The molecular formula is C15H29N5O6. The molecule has 0 aliphatic carbocycles. The van der Waals surface area contributed by atoms with Gasteiger partial charge >= 0.3 is 5.97 Å². The van der Waals surface area contributed by atoms with Crippen LogP contribution in [0.25, 0.3) is 0 Å². The van der Waals surface area contributed by atoms with Gasteiger partial charge in [0.25, 0.3) is 0 Å². The molecule has 0 heterocycles. The van der Waals surface area contributed by atoms with Gasteiger partial charge in [0.1, 0.15) is 6.04 Å². The number of nitrogens with one attached hydrogen (secondary N) is 3. The minimum atomic E-state index is -1.49. The number of carboxylic acid groups (broad SMARTS) is 1. The fraction of sp³-hybridized carbons (Fsp3) is 0.733. The minimum Gasteiger partial charge on any atom is -0.480 e. The number of unbranched alkanes of at least 4 members (excludes halogenated alkanes) is 1. The van der Waals surface area contributed by atoms with Crippen LogP contribution < -0.4 is 27.4 Å². The molecule has 3 amide bonds. The molecule has 0 aliphatic heterocycles. The summed E-state index contributed by atoms with van der Waals surface area (Å²) in [6.07, 6.45) is 0.583. The van der Waals surface area contributed by atoms with Crippen molar-refractivity contribution in [1.82, 2.24) is 16.0 Å². The molecule has 0 saturated heterocycles. The second-order valence-corrected chi connectivity index (χ2v) is 5.96. The number of aliphatic hydroxyl groups excluding tert-OH is 1. The van der Waals surface area contributed by atoms with Gasteiger partial charge in [-0.05, 0) is 33.2 Å². The fourth-order valence-corrected chi connectivity index (χ4v) is 1.96. The van der Waals surface area contributed by atoms with Crippen molar-refractivity contribution >= 4 is 23.7 Å². The molecule has 11 nitrogen and oxygen atoms in total. The summed E-state index contributed by atoms with van der Waals surface area (Å²) in [5.74, 6) is -3.31. The highest BCUT2D eigenvalue weighted by atomic mass is 16.4. The van der Waals surface area contributed by atoms with Crippen molar-refractivity contribution in [3.8, 4) is 0 Å². The Morgan fingerprint density at radius 2 is 1.65 bits per heavy atom. The monoisotopic (exact) mass is 375 g/mol. The van der Waals surface area contributed by atoms with Gasteiger partial charge in [0.15, 0.2) is 6.04 Å². The Morgan fingerprint density at radius 3 is 2.15 bits per heavy atom. The number of carboxylic acids is 1. The first kappa shape index (κ1) is 23.8. The lowest BCUT2D eigenvalue weighted by molar-refractivity contribution is -0.145. The number of carbonyl (C=O) groups excluding carboxylic acids is 3. The van der Waals surface area contributed by atoms with Crippen LogP contribution in [-0.2, 0) is 19.2 Å². The topological polar surface area (TPSA) is 197 Å². The minimum absolute atomic E-state index is 0.375. The SMILES string of the molecule is CC(NC(=O)CNC(=O)C(N)CCCCN)C(=O)NC(C(=O)O)C(C)O. The van der Waals surface area contributed by atoms with Gasteiger partial charge in [-0.25, -0.2) is 4.79 Å². The third-order valence-corrected chi connectivity index (χ3v) is 3.55. The summed E-state index contributed by atoms with van der Waals surface area (Å²) in [4.78, 5) is 46.3. The average Bonchev–Trinajstić information content (AvgIpc) is 2.56. The van der Waals surface area contributed by atoms with Crippen LogP contribution in [0.4, 0.5) is 0 Å². The maximum atomic E-state index is 11.9. The number of aliphatic carboxylic acids is 1. The Morgan fingerprint density at radius 1 is 1.04 bits per heavy atom. The second kappa shape index (κ2) is 12.2. The quantitative estimate of drug-likeness (QED) is 0.175. The molecule has 0 rings (SSSR count). The third kappa shape index (κ3) is 9.30. The van der Waals surface area contributed by atoms with E-state index in [1.54, 1.807) is 0 Å². The summed E-state index contributed by atoms with van der Waals surface area (Å²) in [7, 11) is 0. The predicted molar refractivity (Wildman–Crippen MR) is 92.7 cm³/mol. The van der Waals surface area contributed by atoms with Crippen molar-refractivity contribution in [2.24, 2.45) is 11.5 Å². The lowest BCUT2D eigenvalue weighted by atomic mass is 10.1. The highest BCUT2D eigenvalue weighted by molar-refractivity contribution is 5.92. The highest BCUT2D eigenvalue weighted by Gasteiger charge is 2.27. The summed E-state index contributed by atoms with van der Waals surface area (Å²) >= 11 is 0. The van der Waals surface area contributed by atoms with Gasteiger partial charge in [0.05, 0.1) is 18.7 Å². The zero-order chi connectivity index (χ0) is 20.3. The molecule has 4 atom stereocenters. The number of aliphatic hydroxyl groups is 1. The Hall–Kier alpha value is -2.24. The van der Waals surface area contributed by atoms with Crippen LogP contribution in [0.5, 0.6) is 0 Å². The van der Waals surface area contributed by atoms with Gasteiger partial charge in [-0.2, -0.15) is 0 Å². The van der Waals surface area contributed by atoms with Crippen molar-refractivity contribution in [2.45, 2.75) is 57.3 Å². The average molecular weight is 375 g/mol. The van der Waals surface area contributed by atoms with Crippen LogP contribution in [0.3, 0.4) is 0 Å². The van der Waals surface area contributed by atoms with Gasteiger partial charge in [-0.3, -0.25) is 14.4 Å². The molecule has 9 N–H and O–H groups in total. The largest absolute Gasteiger partial charge is 0.480 e. The molecule has 4 unspecified atom stereocenters. The van der Waals surface area contributed by atoms with Gasteiger partial charge in [0.2, 0.25) is 17.7 Å². The van der Waals surface area contributed by atoms with Crippen molar-refractivity contribution in [3.05, 3.63) is 0 Å². The zero-order valence-electron chi connectivity index (χ0n) is 15.0. The number of amides is 3. The van der Waals surface area contributed by atoms with E-state index in [4.69, 9.17) is 16.6 Å². The van der Waals surface area contributed by atoms with E-state index in [9.17, 15) is 24.3 Å². The summed E-state index contributed by atoms with van der Waals surface area (Å²) in [5, 5.41) is 25.0. The van der Waals surface area contributed by atoms with E-state index in [1.165, 1.54) is 13.8 Å². The maximum Gasteiger partial charge on any atom is 0.328 e. The van der Waals surface area contributed by atoms with Crippen LogP contribution >= 0.6 is 0 Å². The number of carbonyl (C=O) groups is 4. The zero-order valence-corrected chi connectivity index (χ0v) is 15.0. The number of hydrogen-bond donors (Lipinski definition) is 7. The lowest BCUT2D eigenvalue weighted by Gasteiger charge is -2.20. The van der Waals surface area contributed by atoms with E-state index in [0.29, 0.717) is 19.4 Å². The number of nitrogens with two attached hydrogens (primary N) is 2. The molecule has 0 aliphatic rings. The molecule has 0 aromatic heterocycles. The van der Waals surface area contributed by atoms with E-state index in [0.717, 1.165) is 6.42 Å². The Kier molecular flexibility index (Phi) is 11.1. The van der Waals surface area contributed by atoms with Crippen LogP contribution in [0.15, 0.2) is 0 Å². The first-order valence-corrected chi connectivity index (χ1v) is 8.34. The lowest BCUT2D eigenvalue weighted by Crippen LogP contribution is -2.55. The van der Waals surface area contributed by atoms with E-state index >= 15 is 0 Å². The summed E-state index contributed by atoms with van der Waals surface area (Å²) in [6.45, 7) is 2.69. The van der Waals surface area contributed by atoms with E-state index in [1.807, 2.05) is 0 Å². The van der Waals surface area contributed by atoms with Crippen LogP contribution in [0.2, 0.25) is 0 Å². The van der Waals surface area contributed by atoms with Crippen molar-refractivity contribution in [2.75, 3.05) is 13.1 Å². The smallest absolute Gasteiger partial charge is 0.328 e. The molecule has 150 valence electrons. The molecular weight excluding hydrogens is 346 g/mol. The molecule has 0 radical (unpaired) electrons. The molecule has 0 spiro atoms. The molecule has 0 saturated carbocycles. The number of hydrogen-bond acceptors (Lipinski definition) is 7. The first-order valence-electron chi connectivity index (χ1n) is 8.34. The molecule has 11 heteroatoms. The fourth-order valence-electron chi connectivity index (χ4n) is 1.96. The first-order chi connectivity index (χ1) is 12.1. The van der Waals surface area contributed by atoms with Crippen LogP contribution in [0.1, 0.15) is 33.1 Å². The Labute approximate surface area is 151 Å². The molecule has 0 fully saturated rings. The van der Waals surface area contributed by atoms with Gasteiger partial charge in [-0.1, -0.05) is 6.42 Å². The Bertz CT molecular complexity index is 499. The standard InChI is InChI=1S/C15H29N5O6/c1-8(13(23)20-12(9(2)21)15(25)26)19-11(22)7-18-14(24)10(17)5-3-4-6-16/h8-10,12,21H,3-7,16-17H2,1-2H3,(H,18,24)(H,19,22)(H,20,23)(H,25,26). The van der Waals surface area contributed by atoms with E-state index in [2.05, 4.69) is 16.0 Å². The van der Waals surface area contributed by atoms with Gasteiger partial charge in [-0.15, -0.1) is 0 Å². The normalized spacial score (nSPS) is 15.3. The summed E-state index contributed by atoms with van der Waals surface area (Å²) in [6, 6.07) is -3.30. The van der Waals surface area contributed by atoms with E-state index in [-0.39, 0.29) is 6.54 Å². The molecule has 0 bridgehead atoms. The van der Waals surface area contributed by atoms with Crippen molar-refractivity contribution in [3.63, 3.8) is 0 Å². The predicted octanol–water partition coefficient (Wildman–Crippen LogP) is -2.99. The summed E-state index contributed by atoms with van der Waals surface area (Å²) in [5.41, 5.74) is 11.0.